The van der Waals surface area contributed by atoms with Gasteiger partial charge < -0.3 is 14.8 Å². The quantitative estimate of drug-likeness (QED) is 0.801. The molecule has 1 aromatic carbocycles. The number of alkyl halides is 2. The van der Waals surface area contributed by atoms with Gasteiger partial charge in [-0.15, -0.1) is 0 Å². The molecule has 1 unspecified atom stereocenters. The molecule has 0 bridgehead atoms. The first-order chi connectivity index (χ1) is 13.6. The monoisotopic (exact) mass is 385 g/mol. The van der Waals surface area contributed by atoms with Gasteiger partial charge in [0, 0.05) is 17.8 Å². The van der Waals surface area contributed by atoms with E-state index in [0.717, 1.165) is 5.69 Å². The van der Waals surface area contributed by atoms with Crippen LogP contribution in [0.25, 0.3) is 0 Å². The first-order valence-corrected chi connectivity index (χ1v) is 8.21. The molecule has 3 heterocycles. The third-order valence-corrected chi connectivity index (χ3v) is 4.04. The minimum absolute atomic E-state index is 0.0323. The van der Waals surface area contributed by atoms with E-state index in [1.807, 2.05) is 6.07 Å². The lowest BCUT2D eigenvalue weighted by atomic mass is 10.3. The maximum atomic E-state index is 12.3. The van der Waals surface area contributed by atoms with Crippen molar-refractivity contribution in [3.05, 3.63) is 55.0 Å². The molecule has 0 radical (unpaired) electrons. The van der Waals surface area contributed by atoms with E-state index in [2.05, 4.69) is 30.1 Å². The predicted molar refractivity (Wildman–Crippen MR) is 102 cm³/mol. The van der Waals surface area contributed by atoms with E-state index in [-0.39, 0.29) is 10.3 Å². The second-order valence-electron chi connectivity index (χ2n) is 5.74. The Kier molecular flexibility index (Phi) is 4.53. The number of pyridine rings is 1. The van der Waals surface area contributed by atoms with Gasteiger partial charge in [-0.2, -0.15) is 13.8 Å². The summed E-state index contributed by atoms with van der Waals surface area (Å²) in [5.41, 5.74) is 1.37. The molecule has 4 rings (SSSR count). The van der Waals surface area contributed by atoms with Crippen molar-refractivity contribution >= 4 is 29.4 Å². The van der Waals surface area contributed by atoms with Crippen LogP contribution in [-0.2, 0) is 0 Å². The van der Waals surface area contributed by atoms with Crippen LogP contribution in [0.15, 0.2) is 70.1 Å². The van der Waals surface area contributed by atoms with Crippen LogP contribution in [0.4, 0.5) is 20.2 Å². The molecule has 1 atom stereocenters. The van der Waals surface area contributed by atoms with Gasteiger partial charge in [0.05, 0.1) is 19.5 Å². The fraction of sp³-hybridized carbons (Fsp3) is 0.111. The number of guanidine groups is 1. The molecular formula is C18H15F2N6O2+. The number of anilines is 1. The Labute approximate surface area is 158 Å². The van der Waals surface area contributed by atoms with Crippen LogP contribution >= 0.6 is 0 Å². The Morgan fingerprint density at radius 3 is 2.61 bits per heavy atom. The fourth-order valence-electron chi connectivity index (χ4n) is 2.75. The van der Waals surface area contributed by atoms with E-state index < -0.39 is 6.61 Å². The van der Waals surface area contributed by atoms with Crippen molar-refractivity contribution in [1.82, 2.24) is 9.58 Å². The zero-order valence-corrected chi connectivity index (χ0v) is 14.7. The molecule has 142 valence electrons. The number of aliphatic imine (C=N–C) groups is 2. The van der Waals surface area contributed by atoms with E-state index in [9.17, 15) is 8.78 Å². The number of nitrogens with one attached hydrogen (secondary N) is 1. The van der Waals surface area contributed by atoms with E-state index in [0.29, 0.717) is 23.4 Å². The number of hydrogen-bond acceptors (Lipinski definition) is 7. The van der Waals surface area contributed by atoms with Gasteiger partial charge >= 0.3 is 6.61 Å². The number of methoxy groups -OCH3 is 1. The number of hydrogen-bond donors (Lipinski definition) is 1. The number of aromatic nitrogens is 1. The zero-order valence-electron chi connectivity index (χ0n) is 14.7. The molecule has 2 aliphatic heterocycles. The van der Waals surface area contributed by atoms with Crippen LogP contribution < -0.4 is 19.4 Å². The van der Waals surface area contributed by atoms with Gasteiger partial charge in [-0.3, -0.25) is 4.99 Å². The van der Waals surface area contributed by atoms with Crippen LogP contribution in [0.2, 0.25) is 0 Å². The van der Waals surface area contributed by atoms with Gasteiger partial charge in [-0.1, -0.05) is 4.59 Å². The second kappa shape index (κ2) is 7.16. The van der Waals surface area contributed by atoms with Gasteiger partial charge in [0.1, 0.15) is 12.0 Å². The van der Waals surface area contributed by atoms with Crippen molar-refractivity contribution < 1.29 is 18.3 Å². The standard InChI is InChI=1S/C18H15F2N6O2/c1-27-16-7-4-13(10-22-16)26-9-8-21-11-15(26)24-18(25-26)23-12-2-5-14(6-3-12)28-17(19)20/h2-11,17H,1H3,(H,23,25)/q+1. The summed E-state index contributed by atoms with van der Waals surface area (Å²) in [7, 11) is 1.54. The SMILES string of the molecule is COc1ccc([N+]23C=CN=CC2=NC(Nc2ccc(OC(F)F)cc2)=N3)cn1. The highest BCUT2D eigenvalue weighted by molar-refractivity contribution is 6.38. The summed E-state index contributed by atoms with van der Waals surface area (Å²) in [5, 5.41) is 7.72. The number of nitrogens with zero attached hydrogens (tertiary/aromatic N) is 5. The number of ether oxygens (including phenoxy) is 2. The highest BCUT2D eigenvalue weighted by Gasteiger charge is 2.43. The topological polar surface area (TPSA) is 80.5 Å². The minimum atomic E-state index is -2.87. The Balaban J connectivity index is 1.61. The van der Waals surface area contributed by atoms with Gasteiger partial charge in [0.25, 0.3) is 11.8 Å². The molecule has 8 nitrogen and oxygen atoms in total. The number of halogens is 2. The number of quaternary nitrogens is 1. The fourth-order valence-corrected chi connectivity index (χ4v) is 2.75. The van der Waals surface area contributed by atoms with Crippen molar-refractivity contribution in [2.24, 2.45) is 15.1 Å². The van der Waals surface area contributed by atoms with Crippen molar-refractivity contribution in [2.45, 2.75) is 6.61 Å². The summed E-state index contributed by atoms with van der Waals surface area (Å²) in [5.74, 6) is 1.48. The molecule has 28 heavy (non-hydrogen) atoms. The zero-order chi connectivity index (χ0) is 19.6. The second-order valence-corrected chi connectivity index (χ2v) is 5.74. The van der Waals surface area contributed by atoms with Crippen LogP contribution in [0.1, 0.15) is 0 Å². The molecule has 0 saturated heterocycles. The van der Waals surface area contributed by atoms with Crippen LogP contribution in [-0.4, -0.2) is 36.7 Å². The van der Waals surface area contributed by atoms with E-state index in [1.165, 1.54) is 12.1 Å². The summed E-state index contributed by atoms with van der Waals surface area (Å²) in [6.45, 7) is -2.87. The molecule has 0 aliphatic carbocycles. The summed E-state index contributed by atoms with van der Waals surface area (Å²) >= 11 is 0. The molecule has 0 amide bonds. The molecule has 0 spiro atoms. The highest BCUT2D eigenvalue weighted by Crippen LogP contribution is 2.31. The summed E-state index contributed by atoms with van der Waals surface area (Å²) in [6, 6.07) is 9.64. The van der Waals surface area contributed by atoms with Gasteiger partial charge in [0.2, 0.25) is 5.88 Å². The number of benzene rings is 1. The summed E-state index contributed by atoms with van der Waals surface area (Å²) in [6.07, 6.45) is 6.67. The molecule has 1 N–H and O–H groups in total. The number of rotatable bonds is 5. The molecule has 1 aromatic heterocycles. The average molecular weight is 385 g/mol. The first-order valence-electron chi connectivity index (χ1n) is 8.21. The highest BCUT2D eigenvalue weighted by atomic mass is 19.3. The third kappa shape index (κ3) is 3.32. The molecule has 0 fully saturated rings. The lowest BCUT2D eigenvalue weighted by Crippen LogP contribution is -2.44. The first kappa shape index (κ1) is 17.7. The lowest BCUT2D eigenvalue weighted by molar-refractivity contribution is -0.0498. The largest absolute Gasteiger partial charge is 0.481 e. The smallest absolute Gasteiger partial charge is 0.387 e. The molecule has 2 aliphatic rings. The molecule has 2 aromatic rings. The Bertz CT molecular complexity index is 986. The maximum absolute atomic E-state index is 12.3. The lowest BCUT2D eigenvalue weighted by Gasteiger charge is -2.23. The Morgan fingerprint density at radius 1 is 1.11 bits per heavy atom. The third-order valence-electron chi connectivity index (χ3n) is 4.04. The minimum Gasteiger partial charge on any atom is -0.481 e. The van der Waals surface area contributed by atoms with Crippen LogP contribution in [0.5, 0.6) is 11.6 Å². The predicted octanol–water partition coefficient (Wildman–Crippen LogP) is 3.35. The van der Waals surface area contributed by atoms with Gasteiger partial charge in [0.15, 0.2) is 11.9 Å². The normalized spacial score (nSPS) is 19.9. The van der Waals surface area contributed by atoms with Crippen LogP contribution in [0.3, 0.4) is 0 Å². The van der Waals surface area contributed by atoms with Crippen molar-refractivity contribution in [3.8, 4) is 11.6 Å². The summed E-state index contributed by atoms with van der Waals surface area (Å²) < 4.78 is 33.9. The average Bonchev–Trinajstić information content (AvgIpc) is 3.08. The van der Waals surface area contributed by atoms with Crippen molar-refractivity contribution in [1.29, 1.82) is 0 Å². The maximum Gasteiger partial charge on any atom is 0.387 e. The Hall–Kier alpha value is -3.66. The van der Waals surface area contributed by atoms with Crippen molar-refractivity contribution in [2.75, 3.05) is 12.4 Å². The summed E-state index contributed by atoms with van der Waals surface area (Å²) in [4.78, 5) is 12.8. The van der Waals surface area contributed by atoms with E-state index in [1.54, 1.807) is 50.1 Å². The van der Waals surface area contributed by atoms with Crippen LogP contribution in [0, 0.1) is 0 Å². The molecule has 0 saturated carbocycles. The van der Waals surface area contributed by atoms with Gasteiger partial charge in [-0.25, -0.2) is 4.98 Å². The van der Waals surface area contributed by atoms with E-state index >= 15 is 0 Å². The van der Waals surface area contributed by atoms with Gasteiger partial charge in [-0.05, 0) is 29.4 Å². The number of amidine groups is 1. The number of fused-ring (bicyclic) bond motifs is 1. The Morgan fingerprint density at radius 2 is 1.93 bits per heavy atom. The molecule has 10 heteroatoms. The van der Waals surface area contributed by atoms with Crippen molar-refractivity contribution in [3.63, 3.8) is 0 Å². The van der Waals surface area contributed by atoms with E-state index in [4.69, 9.17) is 4.74 Å². The molecular weight excluding hydrogens is 370 g/mol.